The van der Waals surface area contributed by atoms with E-state index in [-0.39, 0.29) is 0 Å². The minimum atomic E-state index is 0.293. The van der Waals surface area contributed by atoms with Crippen LogP contribution in [0.4, 0.5) is 0 Å². The Labute approximate surface area is 194 Å². The fourth-order valence-electron chi connectivity index (χ4n) is 6.70. The molecule has 0 aromatic heterocycles. The molecule has 3 unspecified atom stereocenters. The summed E-state index contributed by atoms with van der Waals surface area (Å²) in [5, 5.41) is 3.80. The maximum Gasteiger partial charge on any atom is 0.161 e. The molecule has 0 saturated heterocycles. The third kappa shape index (κ3) is 4.17. The van der Waals surface area contributed by atoms with Crippen LogP contribution in [0, 0.1) is 11.3 Å². The van der Waals surface area contributed by atoms with Gasteiger partial charge in [-0.2, -0.15) is 0 Å². The summed E-state index contributed by atoms with van der Waals surface area (Å²) in [6.07, 6.45) is 6.47. The zero-order valence-electron chi connectivity index (χ0n) is 20.9. The highest BCUT2D eigenvalue weighted by molar-refractivity contribution is 5.43. The van der Waals surface area contributed by atoms with Crippen molar-refractivity contribution in [1.29, 1.82) is 0 Å². The predicted molar refractivity (Wildman–Crippen MR) is 133 cm³/mol. The topological polar surface area (TPSA) is 30.5 Å². The van der Waals surface area contributed by atoms with Crippen molar-refractivity contribution in [1.82, 2.24) is 5.32 Å². The quantitative estimate of drug-likeness (QED) is 0.530. The molecule has 4 rings (SSSR count). The Morgan fingerprint density at radius 2 is 1.78 bits per heavy atom. The molecule has 2 aromatic carbocycles. The number of fused-ring (bicyclic) bond motifs is 3. The minimum Gasteiger partial charge on any atom is -0.493 e. The Bertz CT molecular complexity index is 952. The predicted octanol–water partition coefficient (Wildman–Crippen LogP) is 6.63. The van der Waals surface area contributed by atoms with E-state index in [0.717, 1.165) is 30.5 Å². The molecule has 2 aromatic rings. The summed E-state index contributed by atoms with van der Waals surface area (Å²) < 4.78 is 10.9. The summed E-state index contributed by atoms with van der Waals surface area (Å²) in [5.41, 5.74) is 6.57. The van der Waals surface area contributed by atoms with Gasteiger partial charge in [-0.05, 0) is 82.7 Å². The normalized spacial score (nSPS) is 27.0. The molecule has 3 heteroatoms. The van der Waals surface area contributed by atoms with Gasteiger partial charge in [-0.15, -0.1) is 0 Å². The second kappa shape index (κ2) is 9.09. The van der Waals surface area contributed by atoms with Crippen molar-refractivity contribution in [3.8, 4) is 11.5 Å². The zero-order chi connectivity index (χ0) is 22.9. The van der Waals surface area contributed by atoms with Crippen molar-refractivity contribution in [3.63, 3.8) is 0 Å². The maximum absolute atomic E-state index is 5.48. The molecule has 0 heterocycles. The fraction of sp³-hybridized carbons (Fsp3) is 0.586. The van der Waals surface area contributed by atoms with Crippen molar-refractivity contribution < 1.29 is 9.47 Å². The lowest BCUT2D eigenvalue weighted by atomic mass is 9.49. The van der Waals surface area contributed by atoms with Gasteiger partial charge < -0.3 is 14.8 Å². The molecule has 2 aliphatic rings. The Morgan fingerprint density at radius 1 is 1.00 bits per heavy atom. The van der Waals surface area contributed by atoms with Gasteiger partial charge >= 0.3 is 0 Å². The minimum absolute atomic E-state index is 0.293. The largest absolute Gasteiger partial charge is 0.493 e. The van der Waals surface area contributed by atoms with Crippen LogP contribution in [0.3, 0.4) is 0 Å². The number of hydrogen-bond donors (Lipinski definition) is 1. The van der Waals surface area contributed by atoms with Gasteiger partial charge in [-0.25, -0.2) is 0 Å². The summed E-state index contributed by atoms with van der Waals surface area (Å²) >= 11 is 0. The van der Waals surface area contributed by atoms with E-state index in [9.17, 15) is 0 Å². The molecule has 32 heavy (non-hydrogen) atoms. The third-order valence-electron chi connectivity index (χ3n) is 8.47. The molecule has 0 amide bonds. The Hall–Kier alpha value is -2.00. The van der Waals surface area contributed by atoms with Crippen LogP contribution in [0.1, 0.15) is 81.5 Å². The first-order valence-corrected chi connectivity index (χ1v) is 12.4. The van der Waals surface area contributed by atoms with E-state index in [2.05, 4.69) is 63.3 Å². The van der Waals surface area contributed by atoms with Crippen molar-refractivity contribution in [3.05, 3.63) is 58.7 Å². The van der Waals surface area contributed by atoms with Crippen LogP contribution in [0.5, 0.6) is 11.5 Å². The van der Waals surface area contributed by atoms with Crippen molar-refractivity contribution in [2.24, 2.45) is 11.3 Å². The van der Waals surface area contributed by atoms with Gasteiger partial charge in [0.15, 0.2) is 11.5 Å². The standard InChI is InChI=1S/C29H41NO2/c1-20(2)22-9-11-24-23(17-22)10-13-27-28(3,14-7-15-29(24,27)4)19-30-18-21-8-12-25(31-5)26(16-21)32-6/h8-9,11-12,16-17,20,27,30H,7,10,13-15,18-19H2,1-6H3. The molecule has 1 fully saturated rings. The number of ether oxygens (including phenoxy) is 2. The summed E-state index contributed by atoms with van der Waals surface area (Å²) in [7, 11) is 3.38. The molecule has 2 aliphatic carbocycles. The smallest absolute Gasteiger partial charge is 0.161 e. The van der Waals surface area contributed by atoms with Crippen LogP contribution < -0.4 is 14.8 Å². The summed E-state index contributed by atoms with van der Waals surface area (Å²) in [5.74, 6) is 2.91. The van der Waals surface area contributed by atoms with Crippen molar-refractivity contribution >= 4 is 0 Å². The van der Waals surface area contributed by atoms with Crippen molar-refractivity contribution in [2.75, 3.05) is 20.8 Å². The van der Waals surface area contributed by atoms with Gasteiger partial charge in [-0.1, -0.05) is 58.4 Å². The van der Waals surface area contributed by atoms with Crippen LogP contribution in [0.2, 0.25) is 0 Å². The Morgan fingerprint density at radius 3 is 2.50 bits per heavy atom. The van der Waals surface area contributed by atoms with Gasteiger partial charge in [0.1, 0.15) is 0 Å². The van der Waals surface area contributed by atoms with Crippen LogP contribution in [-0.2, 0) is 18.4 Å². The first-order valence-electron chi connectivity index (χ1n) is 12.4. The lowest BCUT2D eigenvalue weighted by molar-refractivity contribution is 0.0257. The van der Waals surface area contributed by atoms with Gasteiger partial charge in [0, 0.05) is 13.1 Å². The second-order valence-electron chi connectivity index (χ2n) is 10.9. The first kappa shape index (κ1) is 23.2. The highest BCUT2D eigenvalue weighted by Gasteiger charge is 2.51. The molecule has 3 atom stereocenters. The number of aryl methyl sites for hydroxylation is 1. The molecular weight excluding hydrogens is 394 g/mol. The highest BCUT2D eigenvalue weighted by Crippen LogP contribution is 2.57. The lowest BCUT2D eigenvalue weighted by Crippen LogP contribution is -2.52. The van der Waals surface area contributed by atoms with Gasteiger partial charge in [0.05, 0.1) is 14.2 Å². The molecule has 1 N–H and O–H groups in total. The SMILES string of the molecule is COc1ccc(CNCC2(C)CCCC3(C)c4ccc(C(C)C)cc4CCC23)cc1OC. The molecular formula is C29H41NO2. The maximum atomic E-state index is 5.48. The first-order chi connectivity index (χ1) is 15.3. The van der Waals surface area contributed by atoms with Crippen LogP contribution >= 0.6 is 0 Å². The van der Waals surface area contributed by atoms with Gasteiger partial charge in [0.25, 0.3) is 0 Å². The van der Waals surface area contributed by atoms with Crippen LogP contribution in [0.25, 0.3) is 0 Å². The molecule has 1 saturated carbocycles. The average Bonchev–Trinajstić information content (AvgIpc) is 2.78. The second-order valence-corrected chi connectivity index (χ2v) is 10.9. The molecule has 174 valence electrons. The molecule has 0 radical (unpaired) electrons. The summed E-state index contributed by atoms with van der Waals surface area (Å²) in [4.78, 5) is 0. The highest BCUT2D eigenvalue weighted by atomic mass is 16.5. The van der Waals surface area contributed by atoms with Crippen molar-refractivity contribution in [2.45, 2.75) is 77.7 Å². The van der Waals surface area contributed by atoms with Gasteiger partial charge in [-0.3, -0.25) is 0 Å². The van der Waals surface area contributed by atoms with E-state index in [0.29, 0.717) is 16.7 Å². The van der Waals surface area contributed by atoms with E-state index < -0.39 is 0 Å². The van der Waals surface area contributed by atoms with E-state index in [1.807, 2.05) is 6.07 Å². The van der Waals surface area contributed by atoms with E-state index in [4.69, 9.17) is 9.47 Å². The summed E-state index contributed by atoms with van der Waals surface area (Å²) in [6, 6.07) is 13.6. The summed E-state index contributed by atoms with van der Waals surface area (Å²) in [6.45, 7) is 11.6. The average molecular weight is 436 g/mol. The number of nitrogens with one attached hydrogen (secondary N) is 1. The molecule has 3 nitrogen and oxygen atoms in total. The molecule has 0 spiro atoms. The fourth-order valence-corrected chi connectivity index (χ4v) is 6.70. The van der Waals surface area contributed by atoms with Crippen LogP contribution in [0.15, 0.2) is 36.4 Å². The molecule has 0 aliphatic heterocycles. The Balaban J connectivity index is 1.50. The number of methoxy groups -OCH3 is 2. The Kier molecular flexibility index (Phi) is 6.58. The number of hydrogen-bond acceptors (Lipinski definition) is 3. The lowest BCUT2D eigenvalue weighted by Gasteiger charge is -2.55. The number of rotatable bonds is 7. The van der Waals surface area contributed by atoms with E-state index in [1.165, 1.54) is 43.2 Å². The monoisotopic (exact) mass is 435 g/mol. The zero-order valence-corrected chi connectivity index (χ0v) is 20.9. The molecule has 0 bridgehead atoms. The van der Waals surface area contributed by atoms with E-state index in [1.54, 1.807) is 25.3 Å². The number of benzene rings is 2. The van der Waals surface area contributed by atoms with Gasteiger partial charge in [0.2, 0.25) is 0 Å². The van der Waals surface area contributed by atoms with E-state index >= 15 is 0 Å². The van der Waals surface area contributed by atoms with Crippen LogP contribution in [-0.4, -0.2) is 20.8 Å². The third-order valence-corrected chi connectivity index (χ3v) is 8.47.